The van der Waals surface area contributed by atoms with E-state index in [9.17, 15) is 4.79 Å². The number of carbonyl (C=O) groups is 1. The predicted molar refractivity (Wildman–Crippen MR) is 97.5 cm³/mol. The van der Waals surface area contributed by atoms with E-state index >= 15 is 0 Å². The van der Waals surface area contributed by atoms with Crippen molar-refractivity contribution >= 4 is 34.4 Å². The lowest BCUT2D eigenvalue weighted by Gasteiger charge is -2.04. The number of thiophene rings is 1. The number of carboxylic acids is 1. The Balaban J connectivity index is 1.86. The standard InChI is InChI=1S/C18H12ClN3O2S/c19-12-4-5-16-14(8-13-2-1-3-15(20-13)18(23)24)17(21-22(16)9-12)11-6-7-25-10-11/h1-7,9-10H,8H2,(H,23,24). The molecule has 4 aromatic heterocycles. The Hall–Kier alpha value is -2.70. The molecule has 0 atom stereocenters. The molecule has 0 aliphatic heterocycles. The molecule has 0 unspecified atom stereocenters. The Kier molecular flexibility index (Phi) is 3.99. The van der Waals surface area contributed by atoms with Crippen molar-refractivity contribution in [2.75, 3.05) is 0 Å². The maximum absolute atomic E-state index is 11.2. The summed E-state index contributed by atoms with van der Waals surface area (Å²) in [5, 5.41) is 18.5. The van der Waals surface area contributed by atoms with Crippen LogP contribution >= 0.6 is 22.9 Å². The van der Waals surface area contributed by atoms with Crippen molar-refractivity contribution in [3.05, 3.63) is 75.3 Å². The van der Waals surface area contributed by atoms with E-state index in [2.05, 4.69) is 10.1 Å². The fraction of sp³-hybridized carbons (Fsp3) is 0.0556. The average Bonchev–Trinajstić information content (AvgIpc) is 3.23. The van der Waals surface area contributed by atoms with E-state index in [0.717, 1.165) is 22.3 Å². The number of aromatic carboxylic acids is 1. The van der Waals surface area contributed by atoms with E-state index in [-0.39, 0.29) is 5.69 Å². The van der Waals surface area contributed by atoms with E-state index < -0.39 is 5.97 Å². The van der Waals surface area contributed by atoms with Crippen molar-refractivity contribution in [1.29, 1.82) is 0 Å². The van der Waals surface area contributed by atoms with Gasteiger partial charge in [0.15, 0.2) is 0 Å². The lowest BCUT2D eigenvalue weighted by Crippen LogP contribution is -2.03. The number of hydrogen-bond acceptors (Lipinski definition) is 4. The van der Waals surface area contributed by atoms with E-state index in [1.54, 1.807) is 28.1 Å². The zero-order valence-corrected chi connectivity index (χ0v) is 14.5. The number of aromatic nitrogens is 3. The Labute approximate surface area is 152 Å². The minimum atomic E-state index is -1.04. The van der Waals surface area contributed by atoms with Crippen LogP contribution < -0.4 is 0 Å². The van der Waals surface area contributed by atoms with Gasteiger partial charge in [0.2, 0.25) is 0 Å². The third-order valence-electron chi connectivity index (χ3n) is 3.87. The van der Waals surface area contributed by atoms with Gasteiger partial charge in [-0.25, -0.2) is 14.3 Å². The van der Waals surface area contributed by atoms with E-state index in [0.29, 0.717) is 17.1 Å². The molecule has 0 aliphatic rings. The zero-order chi connectivity index (χ0) is 17.4. The maximum Gasteiger partial charge on any atom is 0.354 e. The summed E-state index contributed by atoms with van der Waals surface area (Å²) < 4.78 is 1.76. The smallest absolute Gasteiger partial charge is 0.354 e. The molecule has 0 saturated heterocycles. The molecule has 25 heavy (non-hydrogen) atoms. The van der Waals surface area contributed by atoms with Gasteiger partial charge in [0.1, 0.15) is 5.69 Å². The normalized spacial score (nSPS) is 11.1. The van der Waals surface area contributed by atoms with E-state index in [4.69, 9.17) is 16.7 Å². The van der Waals surface area contributed by atoms with Crippen LogP contribution in [-0.4, -0.2) is 25.7 Å². The highest BCUT2D eigenvalue weighted by Crippen LogP contribution is 2.30. The number of halogens is 1. The summed E-state index contributed by atoms with van der Waals surface area (Å²) in [4.78, 5) is 15.4. The van der Waals surface area contributed by atoms with Crippen LogP contribution in [0, 0.1) is 0 Å². The molecular formula is C18H12ClN3O2S. The summed E-state index contributed by atoms with van der Waals surface area (Å²) in [7, 11) is 0. The van der Waals surface area contributed by atoms with Crippen molar-refractivity contribution < 1.29 is 9.90 Å². The largest absolute Gasteiger partial charge is 0.477 e. The lowest BCUT2D eigenvalue weighted by atomic mass is 10.0. The Bertz CT molecular complexity index is 1070. The van der Waals surface area contributed by atoms with Gasteiger partial charge in [-0.3, -0.25) is 0 Å². The second kappa shape index (κ2) is 6.31. The van der Waals surface area contributed by atoms with Crippen LogP contribution in [0.5, 0.6) is 0 Å². The van der Waals surface area contributed by atoms with Crippen molar-refractivity contribution in [1.82, 2.24) is 14.6 Å². The van der Waals surface area contributed by atoms with Crippen molar-refractivity contribution in [3.63, 3.8) is 0 Å². The molecule has 0 aromatic carbocycles. The monoisotopic (exact) mass is 369 g/mol. The molecule has 1 N–H and O–H groups in total. The fourth-order valence-electron chi connectivity index (χ4n) is 2.76. The minimum absolute atomic E-state index is 0.0362. The summed E-state index contributed by atoms with van der Waals surface area (Å²) in [6, 6.07) is 10.8. The predicted octanol–water partition coefficient (Wildman–Crippen LogP) is 4.40. The first kappa shape index (κ1) is 15.8. The molecule has 7 heteroatoms. The summed E-state index contributed by atoms with van der Waals surface area (Å²) in [5.41, 5.74) is 4.51. The molecular weight excluding hydrogens is 358 g/mol. The SMILES string of the molecule is O=C(O)c1cccc(Cc2c(-c3ccsc3)nn3cc(Cl)ccc23)n1. The minimum Gasteiger partial charge on any atom is -0.477 e. The van der Waals surface area contributed by atoms with E-state index in [1.807, 2.05) is 35.0 Å². The van der Waals surface area contributed by atoms with Crippen LogP contribution in [0.3, 0.4) is 0 Å². The maximum atomic E-state index is 11.2. The van der Waals surface area contributed by atoms with Crippen LogP contribution in [0.2, 0.25) is 5.02 Å². The molecule has 0 fully saturated rings. The highest BCUT2D eigenvalue weighted by molar-refractivity contribution is 7.08. The highest BCUT2D eigenvalue weighted by atomic mass is 35.5. The highest BCUT2D eigenvalue weighted by Gasteiger charge is 2.17. The number of carboxylic acid groups (broad SMARTS) is 1. The summed E-state index contributed by atoms with van der Waals surface area (Å²) in [5.74, 6) is -1.04. The van der Waals surface area contributed by atoms with Gasteiger partial charge in [-0.15, -0.1) is 0 Å². The topological polar surface area (TPSA) is 67.5 Å². The first-order valence-electron chi connectivity index (χ1n) is 7.50. The van der Waals surface area contributed by atoms with Gasteiger partial charge < -0.3 is 5.11 Å². The molecule has 4 rings (SSSR count). The van der Waals surface area contributed by atoms with Gasteiger partial charge in [-0.2, -0.15) is 16.4 Å². The van der Waals surface area contributed by atoms with Crippen molar-refractivity contribution in [2.24, 2.45) is 0 Å². The molecule has 0 radical (unpaired) electrons. The Morgan fingerprint density at radius 1 is 1.24 bits per heavy atom. The molecule has 0 amide bonds. The van der Waals surface area contributed by atoms with Crippen molar-refractivity contribution in [2.45, 2.75) is 6.42 Å². The number of fused-ring (bicyclic) bond motifs is 1. The second-order valence-electron chi connectivity index (χ2n) is 5.51. The first-order valence-corrected chi connectivity index (χ1v) is 8.82. The van der Waals surface area contributed by atoms with Crippen molar-refractivity contribution in [3.8, 4) is 11.3 Å². The van der Waals surface area contributed by atoms with Crippen LogP contribution in [0.15, 0.2) is 53.4 Å². The molecule has 124 valence electrons. The number of nitrogens with zero attached hydrogens (tertiary/aromatic N) is 3. The average molecular weight is 370 g/mol. The number of rotatable bonds is 4. The molecule has 0 bridgehead atoms. The second-order valence-corrected chi connectivity index (χ2v) is 6.73. The molecule has 4 heterocycles. The summed E-state index contributed by atoms with van der Waals surface area (Å²) in [6.45, 7) is 0. The fourth-order valence-corrected chi connectivity index (χ4v) is 3.56. The molecule has 0 spiro atoms. The van der Waals surface area contributed by atoms with Gasteiger partial charge in [-0.05, 0) is 35.7 Å². The van der Waals surface area contributed by atoms with Crippen LogP contribution in [0.4, 0.5) is 0 Å². The molecule has 0 saturated carbocycles. The lowest BCUT2D eigenvalue weighted by molar-refractivity contribution is 0.0690. The van der Waals surface area contributed by atoms with Crippen LogP contribution in [0.1, 0.15) is 21.7 Å². The van der Waals surface area contributed by atoms with E-state index in [1.165, 1.54) is 6.07 Å². The Morgan fingerprint density at radius 3 is 2.88 bits per heavy atom. The quantitative estimate of drug-likeness (QED) is 0.579. The van der Waals surface area contributed by atoms with Gasteiger partial charge >= 0.3 is 5.97 Å². The van der Waals surface area contributed by atoms with Gasteiger partial charge in [0.05, 0.1) is 16.2 Å². The van der Waals surface area contributed by atoms with Gasteiger partial charge in [-0.1, -0.05) is 17.7 Å². The molecule has 0 aliphatic carbocycles. The molecule has 5 nitrogen and oxygen atoms in total. The van der Waals surface area contributed by atoms with Gasteiger partial charge in [0, 0.05) is 34.8 Å². The van der Waals surface area contributed by atoms with Crippen LogP contribution in [0.25, 0.3) is 16.8 Å². The van der Waals surface area contributed by atoms with Crippen LogP contribution in [-0.2, 0) is 6.42 Å². The third-order valence-corrected chi connectivity index (χ3v) is 4.78. The zero-order valence-electron chi connectivity index (χ0n) is 12.9. The third kappa shape index (κ3) is 3.01. The Morgan fingerprint density at radius 2 is 2.12 bits per heavy atom. The molecule has 4 aromatic rings. The number of hydrogen-bond donors (Lipinski definition) is 1. The number of pyridine rings is 2. The summed E-state index contributed by atoms with van der Waals surface area (Å²) in [6.07, 6.45) is 2.24. The first-order chi connectivity index (χ1) is 12.1. The summed E-state index contributed by atoms with van der Waals surface area (Å²) >= 11 is 7.68. The van der Waals surface area contributed by atoms with Gasteiger partial charge in [0.25, 0.3) is 0 Å².